The number of guanidine groups is 1. The van der Waals surface area contributed by atoms with E-state index in [0.717, 1.165) is 17.7 Å². The quantitative estimate of drug-likeness (QED) is 0.375. The Labute approximate surface area is 156 Å². The van der Waals surface area contributed by atoms with Crippen molar-refractivity contribution in [2.45, 2.75) is 46.4 Å². The largest absolute Gasteiger partial charge is 0.444 e. The Morgan fingerprint density at radius 3 is 2.23 bits per heavy atom. The Bertz CT molecular complexity index is 565. The highest BCUT2D eigenvalue weighted by Crippen LogP contribution is 2.07. The van der Waals surface area contributed by atoms with E-state index in [1.807, 2.05) is 52.0 Å². The molecule has 7 nitrogen and oxygen atoms in total. The van der Waals surface area contributed by atoms with E-state index in [4.69, 9.17) is 9.47 Å². The van der Waals surface area contributed by atoms with Crippen molar-refractivity contribution in [1.29, 1.82) is 0 Å². The topological polar surface area (TPSA) is 84.0 Å². The Morgan fingerprint density at radius 1 is 1.04 bits per heavy atom. The van der Waals surface area contributed by atoms with E-state index in [0.29, 0.717) is 32.2 Å². The number of hydrogen-bond donors (Lipinski definition) is 3. The second-order valence-corrected chi connectivity index (χ2v) is 6.80. The van der Waals surface area contributed by atoms with E-state index in [-0.39, 0.29) is 0 Å². The van der Waals surface area contributed by atoms with E-state index in [1.165, 1.54) is 0 Å². The second-order valence-electron chi connectivity index (χ2n) is 6.80. The zero-order valence-electron chi connectivity index (χ0n) is 16.5. The van der Waals surface area contributed by atoms with Crippen LogP contribution in [0.25, 0.3) is 0 Å². The third-order valence-electron chi connectivity index (χ3n) is 3.18. The van der Waals surface area contributed by atoms with Gasteiger partial charge in [0, 0.05) is 26.7 Å². The first kappa shape index (κ1) is 21.8. The summed E-state index contributed by atoms with van der Waals surface area (Å²) in [6.45, 7) is 10.5. The fourth-order valence-corrected chi connectivity index (χ4v) is 2.08. The van der Waals surface area contributed by atoms with Crippen LogP contribution in [-0.4, -0.2) is 44.4 Å². The molecule has 0 aromatic heterocycles. The molecule has 0 bridgehead atoms. The number of nitrogens with one attached hydrogen (secondary N) is 3. The maximum absolute atomic E-state index is 11.6. The normalized spacial score (nSPS) is 11.8. The van der Waals surface area contributed by atoms with Crippen LogP contribution in [0.5, 0.6) is 0 Å². The van der Waals surface area contributed by atoms with Gasteiger partial charge in [0.05, 0.1) is 13.2 Å². The summed E-state index contributed by atoms with van der Waals surface area (Å²) in [6, 6.07) is 8.18. The number of aliphatic imine (C=N–C) groups is 1. The number of nitrogens with zero attached hydrogens (tertiary/aromatic N) is 1. The van der Waals surface area contributed by atoms with Gasteiger partial charge in [-0.3, -0.25) is 0 Å². The number of methoxy groups -OCH3 is 1. The second kappa shape index (κ2) is 11.4. The maximum Gasteiger partial charge on any atom is 0.407 e. The van der Waals surface area contributed by atoms with Crippen molar-refractivity contribution in [1.82, 2.24) is 16.0 Å². The first-order chi connectivity index (χ1) is 12.3. The van der Waals surface area contributed by atoms with Crippen LogP contribution in [0, 0.1) is 0 Å². The van der Waals surface area contributed by atoms with E-state index in [2.05, 4.69) is 20.9 Å². The van der Waals surface area contributed by atoms with Gasteiger partial charge in [-0.25, -0.2) is 9.79 Å². The summed E-state index contributed by atoms with van der Waals surface area (Å²) in [5, 5.41) is 9.09. The molecule has 1 amide bonds. The molecule has 0 aliphatic heterocycles. The summed E-state index contributed by atoms with van der Waals surface area (Å²) in [5.41, 5.74) is 1.76. The minimum Gasteiger partial charge on any atom is -0.444 e. The van der Waals surface area contributed by atoms with E-state index in [9.17, 15) is 4.79 Å². The number of rotatable bonds is 8. The summed E-state index contributed by atoms with van der Waals surface area (Å²) in [5.74, 6) is 0.708. The molecule has 0 spiro atoms. The standard InChI is InChI=1S/C19H32N4O3/c1-6-20-17(21-11-12-22-18(24)26-19(2,3)4)23-13-15-7-9-16(10-8-15)14-25-5/h7-10H,6,11-14H2,1-5H3,(H,22,24)(H2,20,21,23). The summed E-state index contributed by atoms with van der Waals surface area (Å²) in [7, 11) is 1.68. The van der Waals surface area contributed by atoms with Crippen molar-refractivity contribution in [3.63, 3.8) is 0 Å². The predicted molar refractivity (Wildman–Crippen MR) is 104 cm³/mol. The van der Waals surface area contributed by atoms with Gasteiger partial charge in [-0.2, -0.15) is 0 Å². The van der Waals surface area contributed by atoms with Crippen LogP contribution in [0.2, 0.25) is 0 Å². The Balaban J connectivity index is 2.42. The molecule has 1 aromatic carbocycles. The fraction of sp³-hybridized carbons (Fsp3) is 0.579. The van der Waals surface area contributed by atoms with Crippen LogP contribution < -0.4 is 16.0 Å². The lowest BCUT2D eigenvalue weighted by Gasteiger charge is -2.19. The molecular weight excluding hydrogens is 332 g/mol. The van der Waals surface area contributed by atoms with E-state index in [1.54, 1.807) is 7.11 Å². The molecule has 0 aliphatic carbocycles. The summed E-state index contributed by atoms with van der Waals surface area (Å²) in [4.78, 5) is 16.2. The van der Waals surface area contributed by atoms with Crippen molar-refractivity contribution in [3.05, 3.63) is 35.4 Å². The van der Waals surface area contributed by atoms with Gasteiger partial charge in [0.2, 0.25) is 0 Å². The van der Waals surface area contributed by atoms with E-state index >= 15 is 0 Å². The molecule has 0 fully saturated rings. The molecular formula is C19H32N4O3. The number of alkyl carbamates (subject to hydrolysis) is 1. The summed E-state index contributed by atoms with van der Waals surface area (Å²) >= 11 is 0. The highest BCUT2D eigenvalue weighted by atomic mass is 16.6. The molecule has 146 valence electrons. The predicted octanol–water partition coefficient (Wildman–Crippen LogP) is 2.41. The molecule has 26 heavy (non-hydrogen) atoms. The first-order valence-electron chi connectivity index (χ1n) is 8.90. The molecule has 0 radical (unpaired) electrons. The fourth-order valence-electron chi connectivity index (χ4n) is 2.08. The Morgan fingerprint density at radius 2 is 1.65 bits per heavy atom. The van der Waals surface area contributed by atoms with Crippen molar-refractivity contribution >= 4 is 12.1 Å². The van der Waals surface area contributed by atoms with Gasteiger partial charge in [0.25, 0.3) is 0 Å². The van der Waals surface area contributed by atoms with Gasteiger partial charge >= 0.3 is 6.09 Å². The third-order valence-corrected chi connectivity index (χ3v) is 3.18. The van der Waals surface area contributed by atoms with Crippen molar-refractivity contribution in [3.8, 4) is 0 Å². The molecule has 0 unspecified atom stereocenters. The number of hydrogen-bond acceptors (Lipinski definition) is 4. The Hall–Kier alpha value is -2.28. The van der Waals surface area contributed by atoms with Crippen molar-refractivity contribution in [2.24, 2.45) is 4.99 Å². The van der Waals surface area contributed by atoms with Crippen LogP contribution in [0.4, 0.5) is 4.79 Å². The molecule has 0 saturated carbocycles. The highest BCUT2D eigenvalue weighted by Gasteiger charge is 2.15. The molecule has 0 saturated heterocycles. The summed E-state index contributed by atoms with van der Waals surface area (Å²) in [6.07, 6.45) is -0.419. The number of carbonyl (C=O) groups is 1. The van der Waals surface area contributed by atoms with Crippen molar-refractivity contribution < 1.29 is 14.3 Å². The number of ether oxygens (including phenoxy) is 2. The zero-order valence-corrected chi connectivity index (χ0v) is 16.5. The Kier molecular flexibility index (Phi) is 9.51. The van der Waals surface area contributed by atoms with Crippen molar-refractivity contribution in [2.75, 3.05) is 26.7 Å². The van der Waals surface area contributed by atoms with Gasteiger partial charge in [0.1, 0.15) is 5.60 Å². The van der Waals surface area contributed by atoms with Crippen LogP contribution in [0.3, 0.4) is 0 Å². The number of benzene rings is 1. The van der Waals surface area contributed by atoms with Crippen LogP contribution in [0.1, 0.15) is 38.8 Å². The summed E-state index contributed by atoms with van der Waals surface area (Å²) < 4.78 is 10.3. The molecule has 0 heterocycles. The average molecular weight is 364 g/mol. The maximum atomic E-state index is 11.6. The lowest BCUT2D eigenvalue weighted by molar-refractivity contribution is 0.0529. The van der Waals surface area contributed by atoms with Gasteiger partial charge in [-0.1, -0.05) is 24.3 Å². The SMILES string of the molecule is CCNC(=NCc1ccc(COC)cc1)NCCNC(=O)OC(C)(C)C. The van der Waals surface area contributed by atoms with E-state index < -0.39 is 11.7 Å². The molecule has 0 aliphatic rings. The molecule has 0 atom stereocenters. The monoisotopic (exact) mass is 364 g/mol. The molecule has 3 N–H and O–H groups in total. The molecule has 7 heteroatoms. The minimum absolute atomic E-state index is 0.419. The molecule has 1 rings (SSSR count). The molecule has 1 aromatic rings. The lowest BCUT2D eigenvalue weighted by atomic mass is 10.1. The first-order valence-corrected chi connectivity index (χ1v) is 8.90. The average Bonchev–Trinajstić information content (AvgIpc) is 2.56. The van der Waals surface area contributed by atoms with Crippen LogP contribution in [0.15, 0.2) is 29.3 Å². The lowest BCUT2D eigenvalue weighted by Crippen LogP contribution is -2.42. The third kappa shape index (κ3) is 9.88. The highest BCUT2D eigenvalue weighted by molar-refractivity contribution is 5.79. The van der Waals surface area contributed by atoms with Crippen LogP contribution in [-0.2, 0) is 22.6 Å². The minimum atomic E-state index is -0.493. The smallest absolute Gasteiger partial charge is 0.407 e. The zero-order chi connectivity index (χ0) is 19.4. The van der Waals surface area contributed by atoms with Gasteiger partial charge in [-0.15, -0.1) is 0 Å². The van der Waals surface area contributed by atoms with Gasteiger partial charge < -0.3 is 25.4 Å². The number of amides is 1. The van der Waals surface area contributed by atoms with Crippen LogP contribution >= 0.6 is 0 Å². The van der Waals surface area contributed by atoms with Gasteiger partial charge in [0.15, 0.2) is 5.96 Å². The van der Waals surface area contributed by atoms with Gasteiger partial charge in [-0.05, 0) is 38.8 Å². The number of carbonyl (C=O) groups excluding carboxylic acids is 1.